The van der Waals surface area contributed by atoms with E-state index in [1.165, 1.54) is 17.7 Å². The Morgan fingerprint density at radius 1 is 1.44 bits per heavy atom. The Hall–Kier alpha value is -0.910. The predicted octanol–water partition coefficient (Wildman–Crippen LogP) is 3.00. The highest BCUT2D eigenvalue weighted by atomic mass is 35.5. The summed E-state index contributed by atoms with van der Waals surface area (Å²) >= 11 is 7.43. The minimum absolute atomic E-state index is 0.0523. The molecule has 1 saturated carbocycles. The first-order chi connectivity index (χ1) is 8.70. The highest BCUT2D eigenvalue weighted by Crippen LogP contribution is 2.46. The largest absolute Gasteiger partial charge is 0.382 e. The maximum Gasteiger partial charge on any atom is 0.137 e. The zero-order valence-electron chi connectivity index (χ0n) is 9.79. The van der Waals surface area contributed by atoms with Crippen molar-refractivity contribution in [2.24, 2.45) is 0 Å². The first-order valence-corrected chi connectivity index (χ1v) is 7.22. The zero-order valence-corrected chi connectivity index (χ0v) is 11.4. The van der Waals surface area contributed by atoms with E-state index in [1.54, 1.807) is 11.0 Å². The van der Waals surface area contributed by atoms with Gasteiger partial charge in [0.15, 0.2) is 0 Å². The molecule has 0 saturated heterocycles. The van der Waals surface area contributed by atoms with E-state index >= 15 is 0 Å². The molecular weight excluding hydrogens is 270 g/mol. The third kappa shape index (κ3) is 1.96. The van der Waals surface area contributed by atoms with E-state index in [-0.39, 0.29) is 6.04 Å². The first-order valence-electron chi connectivity index (χ1n) is 6.02. The van der Waals surface area contributed by atoms with Crippen LogP contribution in [0.2, 0.25) is 4.34 Å². The van der Waals surface area contributed by atoms with Crippen LogP contribution < -0.4 is 0 Å². The van der Waals surface area contributed by atoms with Crippen molar-refractivity contribution < 1.29 is 5.11 Å². The van der Waals surface area contributed by atoms with Crippen LogP contribution in [0, 0.1) is 0 Å². The molecule has 1 aliphatic carbocycles. The molecule has 6 heteroatoms. The molecule has 0 spiro atoms. The lowest BCUT2D eigenvalue weighted by Gasteiger charge is -2.39. The lowest BCUT2D eigenvalue weighted by molar-refractivity contribution is -0.0486. The molecule has 0 radical (unpaired) electrons. The highest BCUT2D eigenvalue weighted by molar-refractivity contribution is 7.16. The van der Waals surface area contributed by atoms with Crippen LogP contribution in [0.1, 0.15) is 36.6 Å². The molecule has 96 valence electrons. The van der Waals surface area contributed by atoms with Gasteiger partial charge < -0.3 is 5.11 Å². The van der Waals surface area contributed by atoms with Gasteiger partial charge >= 0.3 is 0 Å². The summed E-state index contributed by atoms with van der Waals surface area (Å²) in [5.74, 6) is 0. The van der Waals surface area contributed by atoms with Gasteiger partial charge in [-0.2, -0.15) is 5.10 Å². The van der Waals surface area contributed by atoms with Crippen LogP contribution in [0.5, 0.6) is 0 Å². The van der Waals surface area contributed by atoms with Gasteiger partial charge in [-0.1, -0.05) is 24.4 Å². The zero-order chi connectivity index (χ0) is 12.6. The smallest absolute Gasteiger partial charge is 0.137 e. The number of nitrogens with zero attached hydrogens (tertiary/aromatic N) is 3. The van der Waals surface area contributed by atoms with Crippen LogP contribution >= 0.6 is 22.9 Å². The van der Waals surface area contributed by atoms with Crippen molar-refractivity contribution in [3.05, 3.63) is 34.0 Å². The number of hydrogen-bond donors (Lipinski definition) is 1. The molecule has 18 heavy (non-hydrogen) atoms. The molecule has 2 aromatic rings. The Morgan fingerprint density at radius 3 is 3.00 bits per heavy atom. The standard InChI is InChI=1S/C12H14ClN3OS/c13-11-5-4-10(18-11)12(17)6-2-1-3-9(12)16-8-14-7-15-16/h4-5,7-9,17H,1-3,6H2/t9-,12-/m1/s1. The summed E-state index contributed by atoms with van der Waals surface area (Å²) in [5.41, 5.74) is -0.871. The molecule has 4 nitrogen and oxygen atoms in total. The van der Waals surface area contributed by atoms with E-state index in [4.69, 9.17) is 11.6 Å². The monoisotopic (exact) mass is 283 g/mol. The minimum atomic E-state index is -0.871. The number of hydrogen-bond acceptors (Lipinski definition) is 4. The van der Waals surface area contributed by atoms with E-state index in [9.17, 15) is 5.11 Å². The molecule has 3 rings (SSSR count). The van der Waals surface area contributed by atoms with E-state index in [1.807, 2.05) is 12.1 Å². The molecule has 0 aliphatic heterocycles. The molecule has 1 fully saturated rings. The van der Waals surface area contributed by atoms with Gasteiger partial charge in [-0.25, -0.2) is 9.67 Å². The van der Waals surface area contributed by atoms with E-state index in [0.717, 1.165) is 30.6 Å². The van der Waals surface area contributed by atoms with Gasteiger partial charge in [-0.15, -0.1) is 11.3 Å². The molecule has 2 atom stereocenters. The summed E-state index contributed by atoms with van der Waals surface area (Å²) < 4.78 is 2.48. The van der Waals surface area contributed by atoms with Crippen molar-refractivity contribution in [1.29, 1.82) is 0 Å². The van der Waals surface area contributed by atoms with Crippen molar-refractivity contribution in [3.63, 3.8) is 0 Å². The minimum Gasteiger partial charge on any atom is -0.382 e. The number of aliphatic hydroxyl groups is 1. The van der Waals surface area contributed by atoms with Crippen molar-refractivity contribution >= 4 is 22.9 Å². The van der Waals surface area contributed by atoms with Crippen molar-refractivity contribution in [3.8, 4) is 0 Å². The van der Waals surface area contributed by atoms with Gasteiger partial charge in [-0.05, 0) is 25.0 Å². The second kappa shape index (κ2) is 4.64. The van der Waals surface area contributed by atoms with Crippen LogP contribution in [-0.2, 0) is 5.60 Å². The second-order valence-corrected chi connectivity index (χ2v) is 6.38. The highest BCUT2D eigenvalue weighted by Gasteiger charge is 2.43. The van der Waals surface area contributed by atoms with Gasteiger partial charge in [0.2, 0.25) is 0 Å². The molecular formula is C12H14ClN3OS. The van der Waals surface area contributed by atoms with Crippen molar-refractivity contribution in [2.75, 3.05) is 0 Å². The fourth-order valence-corrected chi connectivity index (χ4v) is 3.91. The van der Waals surface area contributed by atoms with E-state index in [0.29, 0.717) is 4.34 Å². The Labute approximate surface area is 114 Å². The van der Waals surface area contributed by atoms with Crippen LogP contribution in [0.4, 0.5) is 0 Å². The van der Waals surface area contributed by atoms with Gasteiger partial charge in [0.05, 0.1) is 10.4 Å². The molecule has 2 heterocycles. The predicted molar refractivity (Wildman–Crippen MR) is 70.8 cm³/mol. The average molecular weight is 284 g/mol. The van der Waals surface area contributed by atoms with Crippen LogP contribution in [0.3, 0.4) is 0 Å². The molecule has 2 aromatic heterocycles. The summed E-state index contributed by atoms with van der Waals surface area (Å²) in [6.45, 7) is 0. The number of rotatable bonds is 2. The van der Waals surface area contributed by atoms with Crippen LogP contribution in [-0.4, -0.2) is 19.9 Å². The number of thiophene rings is 1. The fourth-order valence-electron chi connectivity index (χ4n) is 2.70. The molecule has 1 aliphatic rings. The third-order valence-corrected chi connectivity index (χ3v) is 4.99. The summed E-state index contributed by atoms with van der Waals surface area (Å²) in [7, 11) is 0. The quantitative estimate of drug-likeness (QED) is 0.922. The normalized spacial score (nSPS) is 28.4. The topological polar surface area (TPSA) is 50.9 Å². The third-order valence-electron chi connectivity index (χ3n) is 3.59. The lowest BCUT2D eigenvalue weighted by atomic mass is 9.79. The number of halogens is 1. The molecule has 0 bridgehead atoms. The van der Waals surface area contributed by atoms with E-state index < -0.39 is 5.60 Å². The number of aromatic nitrogens is 3. The summed E-state index contributed by atoms with van der Waals surface area (Å²) in [5, 5.41) is 15.2. The summed E-state index contributed by atoms with van der Waals surface area (Å²) in [6.07, 6.45) is 6.97. The van der Waals surface area contributed by atoms with Crippen LogP contribution in [0.25, 0.3) is 0 Å². The summed E-state index contributed by atoms with van der Waals surface area (Å²) in [6, 6.07) is 3.71. The van der Waals surface area contributed by atoms with Crippen molar-refractivity contribution in [1.82, 2.24) is 14.8 Å². The lowest BCUT2D eigenvalue weighted by Crippen LogP contribution is -2.39. The van der Waals surface area contributed by atoms with Gasteiger partial charge in [0.1, 0.15) is 18.3 Å². The molecule has 0 unspecified atom stereocenters. The Balaban J connectivity index is 2.01. The molecule has 0 aromatic carbocycles. The first kappa shape index (κ1) is 12.1. The Kier molecular flexibility index (Phi) is 3.13. The van der Waals surface area contributed by atoms with Gasteiger partial charge in [0.25, 0.3) is 0 Å². The average Bonchev–Trinajstić information content (AvgIpc) is 3.00. The second-order valence-electron chi connectivity index (χ2n) is 4.67. The molecule has 1 N–H and O–H groups in total. The van der Waals surface area contributed by atoms with Gasteiger partial charge in [0, 0.05) is 4.88 Å². The maximum absolute atomic E-state index is 11.1. The Bertz CT molecular complexity index is 527. The maximum atomic E-state index is 11.1. The SMILES string of the molecule is O[C@]1(c2ccc(Cl)s2)CCCC[C@H]1n1cncn1. The Morgan fingerprint density at radius 2 is 2.33 bits per heavy atom. The fraction of sp³-hybridized carbons (Fsp3) is 0.500. The van der Waals surface area contributed by atoms with Crippen LogP contribution in [0.15, 0.2) is 24.8 Å². The van der Waals surface area contributed by atoms with Gasteiger partial charge in [-0.3, -0.25) is 0 Å². The molecule has 0 amide bonds. The van der Waals surface area contributed by atoms with Crippen molar-refractivity contribution in [2.45, 2.75) is 37.3 Å². The summed E-state index contributed by atoms with van der Waals surface area (Å²) in [4.78, 5) is 4.90. The van der Waals surface area contributed by atoms with E-state index in [2.05, 4.69) is 10.1 Å².